The van der Waals surface area contributed by atoms with E-state index in [1.165, 1.54) is 23.1 Å². The Morgan fingerprint density at radius 1 is 1.17 bits per heavy atom. The third-order valence-electron chi connectivity index (χ3n) is 3.34. The van der Waals surface area contributed by atoms with E-state index in [0.717, 1.165) is 39.1 Å². The van der Waals surface area contributed by atoms with Crippen LogP contribution in [0.25, 0.3) is 0 Å². The summed E-state index contributed by atoms with van der Waals surface area (Å²) >= 11 is 3.59. The predicted octanol–water partition coefficient (Wildman–Crippen LogP) is 1.49. The zero-order chi connectivity index (χ0) is 12.6. The molecule has 1 saturated heterocycles. The molecular formula is C14H22BrN3. The molecule has 2 rings (SSSR count). The minimum absolute atomic E-state index is 1.05. The third-order valence-corrected chi connectivity index (χ3v) is 4.12. The maximum absolute atomic E-state index is 3.59. The highest BCUT2D eigenvalue weighted by Gasteiger charge is 2.07. The first-order valence-electron chi connectivity index (χ1n) is 6.73. The number of hydrogen-bond acceptors (Lipinski definition) is 3. The molecule has 3 nitrogen and oxygen atoms in total. The smallest absolute Gasteiger partial charge is 0.0207 e. The Bertz CT molecular complexity index is 351. The predicted molar refractivity (Wildman–Crippen MR) is 80.0 cm³/mol. The van der Waals surface area contributed by atoms with Gasteiger partial charge in [0.1, 0.15) is 0 Å². The number of benzene rings is 1. The highest BCUT2D eigenvalue weighted by Crippen LogP contribution is 2.15. The Morgan fingerprint density at radius 2 is 1.94 bits per heavy atom. The number of hydrogen-bond donors (Lipinski definition) is 2. The van der Waals surface area contributed by atoms with Crippen molar-refractivity contribution in [1.82, 2.24) is 15.5 Å². The number of nitrogens with one attached hydrogen (secondary N) is 2. The first-order chi connectivity index (χ1) is 8.86. The van der Waals surface area contributed by atoms with Gasteiger partial charge in [-0.15, -0.1) is 0 Å². The molecule has 0 aliphatic carbocycles. The van der Waals surface area contributed by atoms with Gasteiger partial charge in [-0.25, -0.2) is 0 Å². The summed E-state index contributed by atoms with van der Waals surface area (Å²) in [6, 6.07) is 8.45. The first kappa shape index (κ1) is 14.0. The van der Waals surface area contributed by atoms with Crippen LogP contribution in [-0.4, -0.2) is 50.7 Å². The van der Waals surface area contributed by atoms with Gasteiger partial charge in [0.25, 0.3) is 0 Å². The topological polar surface area (TPSA) is 27.3 Å². The van der Waals surface area contributed by atoms with Gasteiger partial charge in [0.05, 0.1) is 0 Å². The molecule has 0 spiro atoms. The van der Waals surface area contributed by atoms with Crippen LogP contribution in [0.2, 0.25) is 0 Å². The Hall–Kier alpha value is -0.420. The summed E-state index contributed by atoms with van der Waals surface area (Å²) < 4.78 is 1.22. The monoisotopic (exact) mass is 311 g/mol. The van der Waals surface area contributed by atoms with E-state index in [4.69, 9.17) is 0 Å². The van der Waals surface area contributed by atoms with E-state index >= 15 is 0 Å². The van der Waals surface area contributed by atoms with Crippen LogP contribution in [0.3, 0.4) is 0 Å². The number of piperazine rings is 1. The molecule has 0 bridgehead atoms. The number of rotatable bonds is 6. The fraction of sp³-hybridized carbons (Fsp3) is 0.571. The SMILES string of the molecule is Brc1ccccc1CCNCCN1CCNCC1. The van der Waals surface area contributed by atoms with Crippen LogP contribution in [-0.2, 0) is 6.42 Å². The van der Waals surface area contributed by atoms with Gasteiger partial charge in [-0.2, -0.15) is 0 Å². The average molecular weight is 312 g/mol. The molecule has 1 aliphatic heterocycles. The molecule has 0 amide bonds. The van der Waals surface area contributed by atoms with Crippen LogP contribution in [0.4, 0.5) is 0 Å². The van der Waals surface area contributed by atoms with E-state index in [1.54, 1.807) is 0 Å². The molecule has 18 heavy (non-hydrogen) atoms. The van der Waals surface area contributed by atoms with Crippen molar-refractivity contribution >= 4 is 15.9 Å². The van der Waals surface area contributed by atoms with Gasteiger partial charge in [-0.05, 0) is 24.6 Å². The van der Waals surface area contributed by atoms with E-state index in [1.807, 2.05) is 0 Å². The summed E-state index contributed by atoms with van der Waals surface area (Å²) in [5, 5.41) is 6.90. The molecule has 1 heterocycles. The van der Waals surface area contributed by atoms with Gasteiger partial charge in [0.2, 0.25) is 0 Å². The van der Waals surface area contributed by atoms with Gasteiger partial charge < -0.3 is 10.6 Å². The molecule has 1 aromatic carbocycles. The standard InChI is InChI=1S/C14H22BrN3/c15-14-4-2-1-3-13(14)5-6-16-7-10-18-11-8-17-9-12-18/h1-4,16-17H,5-12H2. The van der Waals surface area contributed by atoms with Gasteiger partial charge >= 0.3 is 0 Å². The summed E-state index contributed by atoms with van der Waals surface area (Å²) in [6.45, 7) is 7.95. The minimum Gasteiger partial charge on any atom is -0.315 e. The molecular weight excluding hydrogens is 290 g/mol. The second-order valence-corrected chi connectivity index (χ2v) is 5.54. The van der Waals surface area contributed by atoms with Crippen molar-refractivity contribution in [2.75, 3.05) is 45.8 Å². The zero-order valence-electron chi connectivity index (χ0n) is 10.8. The number of nitrogens with zero attached hydrogens (tertiary/aromatic N) is 1. The molecule has 1 aliphatic rings. The molecule has 4 heteroatoms. The second-order valence-electron chi connectivity index (χ2n) is 4.68. The summed E-state index contributed by atoms with van der Waals surface area (Å²) in [4.78, 5) is 2.52. The van der Waals surface area contributed by atoms with Crippen molar-refractivity contribution in [2.45, 2.75) is 6.42 Å². The maximum Gasteiger partial charge on any atom is 0.0207 e. The Kier molecular flexibility index (Phi) is 6.14. The minimum atomic E-state index is 1.05. The lowest BCUT2D eigenvalue weighted by atomic mass is 10.1. The van der Waals surface area contributed by atoms with Crippen molar-refractivity contribution in [3.63, 3.8) is 0 Å². The van der Waals surface area contributed by atoms with Gasteiger partial charge in [0.15, 0.2) is 0 Å². The number of halogens is 1. The summed E-state index contributed by atoms with van der Waals surface area (Å²) in [5.41, 5.74) is 1.38. The molecule has 0 saturated carbocycles. The Balaban J connectivity index is 1.57. The summed E-state index contributed by atoms with van der Waals surface area (Å²) in [5.74, 6) is 0. The second kappa shape index (κ2) is 7.89. The van der Waals surface area contributed by atoms with Crippen molar-refractivity contribution in [3.8, 4) is 0 Å². The van der Waals surface area contributed by atoms with Gasteiger partial charge in [0, 0.05) is 43.7 Å². The van der Waals surface area contributed by atoms with E-state index in [2.05, 4.69) is 55.7 Å². The first-order valence-corrected chi connectivity index (χ1v) is 7.53. The molecule has 1 aromatic rings. The normalized spacial score (nSPS) is 16.9. The van der Waals surface area contributed by atoms with Crippen LogP contribution in [0.1, 0.15) is 5.56 Å². The molecule has 0 atom stereocenters. The fourth-order valence-electron chi connectivity index (χ4n) is 2.22. The van der Waals surface area contributed by atoms with Crippen LogP contribution in [0.15, 0.2) is 28.7 Å². The molecule has 100 valence electrons. The average Bonchev–Trinajstić information content (AvgIpc) is 2.42. The van der Waals surface area contributed by atoms with E-state index < -0.39 is 0 Å². The van der Waals surface area contributed by atoms with Gasteiger partial charge in [-0.1, -0.05) is 34.1 Å². The molecule has 0 radical (unpaired) electrons. The molecule has 2 N–H and O–H groups in total. The van der Waals surface area contributed by atoms with Crippen LogP contribution < -0.4 is 10.6 Å². The fourth-order valence-corrected chi connectivity index (χ4v) is 2.70. The van der Waals surface area contributed by atoms with E-state index in [0.29, 0.717) is 0 Å². The van der Waals surface area contributed by atoms with Crippen LogP contribution >= 0.6 is 15.9 Å². The van der Waals surface area contributed by atoms with Gasteiger partial charge in [-0.3, -0.25) is 4.90 Å². The van der Waals surface area contributed by atoms with Crippen LogP contribution in [0, 0.1) is 0 Å². The lowest BCUT2D eigenvalue weighted by Crippen LogP contribution is -2.45. The van der Waals surface area contributed by atoms with Crippen LogP contribution in [0.5, 0.6) is 0 Å². The summed E-state index contributed by atoms with van der Waals surface area (Å²) in [6.07, 6.45) is 1.09. The highest BCUT2D eigenvalue weighted by molar-refractivity contribution is 9.10. The lowest BCUT2D eigenvalue weighted by molar-refractivity contribution is 0.241. The maximum atomic E-state index is 3.59. The molecule has 0 aromatic heterocycles. The van der Waals surface area contributed by atoms with Crippen molar-refractivity contribution < 1.29 is 0 Å². The Labute approximate surface area is 118 Å². The summed E-state index contributed by atoms with van der Waals surface area (Å²) in [7, 11) is 0. The van der Waals surface area contributed by atoms with Crippen molar-refractivity contribution in [2.24, 2.45) is 0 Å². The Morgan fingerprint density at radius 3 is 2.72 bits per heavy atom. The highest BCUT2D eigenvalue weighted by atomic mass is 79.9. The largest absolute Gasteiger partial charge is 0.315 e. The lowest BCUT2D eigenvalue weighted by Gasteiger charge is -2.27. The zero-order valence-corrected chi connectivity index (χ0v) is 12.4. The van der Waals surface area contributed by atoms with E-state index in [9.17, 15) is 0 Å². The van der Waals surface area contributed by atoms with E-state index in [-0.39, 0.29) is 0 Å². The van der Waals surface area contributed by atoms with Crippen molar-refractivity contribution in [3.05, 3.63) is 34.3 Å². The molecule has 1 fully saturated rings. The quantitative estimate of drug-likeness (QED) is 0.779. The third kappa shape index (κ3) is 4.69. The molecule has 0 unspecified atom stereocenters. The van der Waals surface area contributed by atoms with Crippen molar-refractivity contribution in [1.29, 1.82) is 0 Å².